The zero-order valence-corrected chi connectivity index (χ0v) is 12.0. The van der Waals surface area contributed by atoms with Crippen LogP contribution in [0.1, 0.15) is 29.9 Å². The molecular formula is C12H16N2O2S2. The zero-order valence-electron chi connectivity index (χ0n) is 10.3. The molecule has 0 aliphatic carbocycles. The van der Waals surface area contributed by atoms with Gasteiger partial charge in [-0.25, -0.2) is 4.98 Å². The third-order valence-electron chi connectivity index (χ3n) is 3.72. The van der Waals surface area contributed by atoms with Gasteiger partial charge in [-0.05, 0) is 0 Å². The lowest BCUT2D eigenvalue weighted by Gasteiger charge is -2.35. The van der Waals surface area contributed by atoms with Crippen LogP contribution in [0.25, 0.3) is 0 Å². The Hall–Kier alpha value is -0.430. The number of H-pyrrole nitrogens is 1. The van der Waals surface area contributed by atoms with Crippen LogP contribution in [0, 0.1) is 4.64 Å². The number of aromatic amines is 1. The van der Waals surface area contributed by atoms with Gasteiger partial charge in [0.15, 0.2) is 0 Å². The molecule has 1 aromatic heterocycles. The Morgan fingerprint density at radius 3 is 2.89 bits per heavy atom. The van der Waals surface area contributed by atoms with E-state index in [1.165, 1.54) is 11.3 Å². The van der Waals surface area contributed by atoms with Crippen LogP contribution in [0.3, 0.4) is 0 Å². The van der Waals surface area contributed by atoms with Crippen molar-refractivity contribution in [1.82, 2.24) is 9.97 Å². The maximum atomic E-state index is 5.75. The minimum atomic E-state index is -0.353. The number of nitrogens with zero attached hydrogens (tertiary/aromatic N) is 1. The van der Waals surface area contributed by atoms with Crippen molar-refractivity contribution >= 4 is 24.0 Å². The molecule has 0 unspecified atom stereocenters. The Morgan fingerprint density at radius 2 is 2.17 bits per heavy atom. The number of aromatic nitrogens is 2. The van der Waals surface area contributed by atoms with Gasteiger partial charge in [0.2, 0.25) is 0 Å². The Kier molecular flexibility index (Phi) is 3.44. The second kappa shape index (κ2) is 4.92. The highest BCUT2D eigenvalue weighted by Crippen LogP contribution is 2.36. The molecule has 3 rings (SSSR count). The van der Waals surface area contributed by atoms with Crippen molar-refractivity contribution in [3.8, 4) is 0 Å². The fourth-order valence-corrected chi connectivity index (χ4v) is 3.97. The van der Waals surface area contributed by atoms with Gasteiger partial charge in [-0.2, -0.15) is 11.8 Å². The molecule has 0 spiro atoms. The van der Waals surface area contributed by atoms with E-state index in [9.17, 15) is 0 Å². The summed E-state index contributed by atoms with van der Waals surface area (Å²) in [5.41, 5.74) is 2.06. The molecule has 1 N–H and O–H groups in total. The summed E-state index contributed by atoms with van der Waals surface area (Å²) < 4.78 is 11.9. The SMILES string of the molecule is COC1(c2nc(=S)c3c([nH]2)CSC3)CCOCC1. The Labute approximate surface area is 115 Å². The molecule has 0 bridgehead atoms. The lowest BCUT2D eigenvalue weighted by molar-refractivity contribution is -0.100. The largest absolute Gasteiger partial charge is 0.381 e. The minimum absolute atomic E-state index is 0.353. The fourth-order valence-electron chi connectivity index (χ4n) is 2.53. The molecule has 0 saturated carbocycles. The predicted octanol–water partition coefficient (Wildman–Crippen LogP) is 2.54. The number of hydrogen-bond acceptors (Lipinski definition) is 5. The molecule has 1 saturated heterocycles. The first-order chi connectivity index (χ1) is 8.75. The monoisotopic (exact) mass is 284 g/mol. The van der Waals surface area contributed by atoms with E-state index < -0.39 is 0 Å². The number of fused-ring (bicyclic) bond motifs is 1. The average molecular weight is 284 g/mol. The van der Waals surface area contributed by atoms with E-state index in [1.807, 2.05) is 11.8 Å². The molecule has 98 valence electrons. The van der Waals surface area contributed by atoms with Crippen LogP contribution in [0.15, 0.2) is 0 Å². The molecule has 0 radical (unpaired) electrons. The van der Waals surface area contributed by atoms with Crippen LogP contribution in [-0.4, -0.2) is 30.3 Å². The molecule has 0 amide bonds. The van der Waals surface area contributed by atoms with Crippen LogP contribution in [0.5, 0.6) is 0 Å². The van der Waals surface area contributed by atoms with E-state index in [4.69, 9.17) is 21.7 Å². The first kappa shape index (κ1) is 12.6. The lowest BCUT2D eigenvalue weighted by Crippen LogP contribution is -2.37. The third kappa shape index (κ3) is 2.01. The summed E-state index contributed by atoms with van der Waals surface area (Å²) in [4.78, 5) is 8.02. The fraction of sp³-hybridized carbons (Fsp3) is 0.667. The standard InChI is InChI=1S/C12H16N2O2S2/c1-15-12(2-4-16-5-3-12)11-13-9-7-18-6-8(9)10(17)14-11/h2-7H2,1H3,(H,13,14,17). The van der Waals surface area contributed by atoms with Gasteiger partial charge in [0.25, 0.3) is 0 Å². The van der Waals surface area contributed by atoms with Gasteiger partial charge < -0.3 is 14.5 Å². The van der Waals surface area contributed by atoms with Crippen LogP contribution >= 0.6 is 24.0 Å². The number of nitrogens with one attached hydrogen (secondary N) is 1. The van der Waals surface area contributed by atoms with Crippen LogP contribution in [0.4, 0.5) is 0 Å². The van der Waals surface area contributed by atoms with Crippen molar-refractivity contribution in [2.45, 2.75) is 29.9 Å². The summed E-state index contributed by atoms with van der Waals surface area (Å²) in [6.07, 6.45) is 1.65. The minimum Gasteiger partial charge on any atom is -0.381 e. The summed E-state index contributed by atoms with van der Waals surface area (Å²) in [5, 5.41) is 0. The lowest BCUT2D eigenvalue weighted by atomic mass is 9.93. The summed E-state index contributed by atoms with van der Waals surface area (Å²) in [6.45, 7) is 1.42. The Bertz CT molecular complexity index is 509. The highest BCUT2D eigenvalue weighted by molar-refractivity contribution is 7.98. The van der Waals surface area contributed by atoms with E-state index in [1.54, 1.807) is 7.11 Å². The van der Waals surface area contributed by atoms with Crippen molar-refractivity contribution in [2.75, 3.05) is 20.3 Å². The number of rotatable bonds is 2. The topological polar surface area (TPSA) is 47.1 Å². The number of hydrogen-bond donors (Lipinski definition) is 1. The van der Waals surface area contributed by atoms with Crippen molar-refractivity contribution in [1.29, 1.82) is 0 Å². The van der Waals surface area contributed by atoms with E-state index >= 15 is 0 Å². The van der Waals surface area contributed by atoms with Crippen LogP contribution in [-0.2, 0) is 26.6 Å². The van der Waals surface area contributed by atoms with Crippen molar-refractivity contribution < 1.29 is 9.47 Å². The summed E-state index contributed by atoms with van der Waals surface area (Å²) in [5.74, 6) is 2.84. The van der Waals surface area contributed by atoms with E-state index in [2.05, 4.69) is 9.97 Å². The second-order valence-corrected chi connectivity index (χ2v) is 6.02. The van der Waals surface area contributed by atoms with Gasteiger partial charge in [-0.15, -0.1) is 0 Å². The average Bonchev–Trinajstić information content (AvgIpc) is 2.88. The predicted molar refractivity (Wildman–Crippen MR) is 73.2 cm³/mol. The van der Waals surface area contributed by atoms with Crippen molar-refractivity contribution in [3.63, 3.8) is 0 Å². The molecule has 0 atom stereocenters. The first-order valence-corrected chi connectivity index (χ1v) is 7.65. The van der Waals surface area contributed by atoms with Crippen LogP contribution < -0.4 is 0 Å². The second-order valence-electron chi connectivity index (χ2n) is 4.65. The van der Waals surface area contributed by atoms with Gasteiger partial charge in [-0.3, -0.25) is 0 Å². The Morgan fingerprint density at radius 1 is 1.39 bits per heavy atom. The van der Waals surface area contributed by atoms with Gasteiger partial charge >= 0.3 is 0 Å². The number of ether oxygens (including phenoxy) is 2. The Balaban J connectivity index is 2.05. The summed E-state index contributed by atoms with van der Waals surface area (Å²) in [7, 11) is 1.74. The van der Waals surface area contributed by atoms with Gasteiger partial charge in [-0.1, -0.05) is 12.2 Å². The smallest absolute Gasteiger partial charge is 0.140 e. The normalized spacial score (nSPS) is 21.8. The molecule has 0 aromatic carbocycles. The van der Waals surface area contributed by atoms with Gasteiger partial charge in [0.1, 0.15) is 16.1 Å². The van der Waals surface area contributed by atoms with Crippen molar-refractivity contribution in [3.05, 3.63) is 21.7 Å². The molecule has 6 heteroatoms. The molecule has 4 nitrogen and oxygen atoms in total. The highest BCUT2D eigenvalue weighted by Gasteiger charge is 2.37. The molecule has 2 aliphatic heterocycles. The van der Waals surface area contributed by atoms with Crippen LogP contribution in [0.2, 0.25) is 0 Å². The molecular weight excluding hydrogens is 268 g/mol. The van der Waals surface area contributed by atoms with E-state index in [0.717, 1.165) is 34.8 Å². The maximum Gasteiger partial charge on any atom is 0.140 e. The maximum absolute atomic E-state index is 5.75. The molecule has 18 heavy (non-hydrogen) atoms. The molecule has 3 heterocycles. The highest BCUT2D eigenvalue weighted by atomic mass is 32.2. The number of thioether (sulfide) groups is 1. The molecule has 1 aromatic rings. The van der Waals surface area contributed by atoms with Gasteiger partial charge in [0.05, 0.1) is 0 Å². The summed E-state index contributed by atoms with van der Waals surface area (Å²) in [6, 6.07) is 0. The van der Waals surface area contributed by atoms with E-state index in [0.29, 0.717) is 13.2 Å². The quantitative estimate of drug-likeness (QED) is 0.846. The van der Waals surface area contributed by atoms with Gasteiger partial charge in [0, 0.05) is 55.9 Å². The van der Waals surface area contributed by atoms with E-state index in [-0.39, 0.29) is 5.60 Å². The molecule has 2 aliphatic rings. The first-order valence-electron chi connectivity index (χ1n) is 6.08. The number of methoxy groups -OCH3 is 1. The van der Waals surface area contributed by atoms with Crippen molar-refractivity contribution in [2.24, 2.45) is 0 Å². The third-order valence-corrected chi connectivity index (χ3v) is 5.04. The molecule has 1 fully saturated rings. The summed E-state index contributed by atoms with van der Waals surface area (Å²) >= 11 is 7.28. The zero-order chi connectivity index (χ0) is 12.6.